The third-order valence-electron chi connectivity index (χ3n) is 6.52. The maximum Gasteiger partial charge on any atom is 0.362 e. The molecule has 0 radical (unpaired) electrons. The quantitative estimate of drug-likeness (QED) is 0.0524. The zero-order chi connectivity index (χ0) is 26.5. The summed E-state index contributed by atoms with van der Waals surface area (Å²) in [5.41, 5.74) is 0. The van der Waals surface area contributed by atoms with Gasteiger partial charge < -0.3 is 19.4 Å². The Bertz CT molecular complexity index is 594. The van der Waals surface area contributed by atoms with Crippen molar-refractivity contribution < 1.29 is 23.9 Å². The van der Waals surface area contributed by atoms with Crippen LogP contribution in [0.1, 0.15) is 129 Å². The first-order valence-corrected chi connectivity index (χ1v) is 16.0. The Balaban J connectivity index is 3.60. The van der Waals surface area contributed by atoms with Crippen LogP contribution in [0.2, 0.25) is 0 Å². The standard InChI is InChI=1S/C29H58NO4P/c1-5-6-7-8-9-10-11-12-13-14-15-16-17-18-19-20-21-22-23-24-25-26-27-29(31,35(32,33)34)28-30(2,3)4/h13-14,23-24,31H,5-12,15-22,25-28H2,1-4H3,(H-,32,33,34)/p+1/b14-13-,24-23-. The molecule has 0 aliphatic rings. The van der Waals surface area contributed by atoms with Crippen molar-refractivity contribution in [3.05, 3.63) is 24.3 Å². The van der Waals surface area contributed by atoms with Crippen LogP contribution >= 0.6 is 7.60 Å². The Labute approximate surface area is 217 Å². The maximum atomic E-state index is 11.8. The van der Waals surface area contributed by atoms with Crippen LogP contribution in [0.15, 0.2) is 24.3 Å². The number of likely N-dealkylation sites (N-methyl/N-ethyl adjacent to an activating group) is 1. The van der Waals surface area contributed by atoms with E-state index in [1.165, 1.54) is 96.3 Å². The molecule has 1 atom stereocenters. The fourth-order valence-electron chi connectivity index (χ4n) is 4.50. The lowest BCUT2D eigenvalue weighted by atomic mass is 10.1. The zero-order valence-corrected chi connectivity index (χ0v) is 24.5. The van der Waals surface area contributed by atoms with Gasteiger partial charge in [0, 0.05) is 0 Å². The molecule has 0 aromatic carbocycles. The maximum absolute atomic E-state index is 11.8. The van der Waals surface area contributed by atoms with Crippen LogP contribution in [0.5, 0.6) is 0 Å². The van der Waals surface area contributed by atoms with Crippen molar-refractivity contribution in [3.8, 4) is 0 Å². The molecule has 0 saturated heterocycles. The summed E-state index contributed by atoms with van der Waals surface area (Å²) in [5, 5.41) is 8.60. The molecule has 0 heterocycles. The lowest BCUT2D eigenvalue weighted by Gasteiger charge is -2.35. The molecule has 3 N–H and O–H groups in total. The molecule has 0 aliphatic carbocycles. The van der Waals surface area contributed by atoms with Crippen LogP contribution in [-0.4, -0.2) is 52.4 Å². The van der Waals surface area contributed by atoms with Gasteiger partial charge in [0.25, 0.3) is 0 Å². The molecule has 0 aromatic rings. The summed E-state index contributed by atoms with van der Waals surface area (Å²) >= 11 is 0. The summed E-state index contributed by atoms with van der Waals surface area (Å²) in [7, 11) is 0.920. The number of quaternary nitrogens is 1. The van der Waals surface area contributed by atoms with Gasteiger partial charge >= 0.3 is 7.60 Å². The zero-order valence-electron chi connectivity index (χ0n) is 23.6. The molecular weight excluding hydrogens is 457 g/mol. The van der Waals surface area contributed by atoms with E-state index in [0.29, 0.717) is 10.9 Å². The fourth-order valence-corrected chi connectivity index (χ4v) is 5.56. The van der Waals surface area contributed by atoms with Crippen molar-refractivity contribution in [1.82, 2.24) is 0 Å². The minimum absolute atomic E-state index is 0.0382. The van der Waals surface area contributed by atoms with Crippen molar-refractivity contribution in [2.75, 3.05) is 27.7 Å². The highest BCUT2D eigenvalue weighted by atomic mass is 31.2. The number of allylic oxidation sites excluding steroid dienone is 4. The van der Waals surface area contributed by atoms with Gasteiger partial charge in [0.2, 0.25) is 5.34 Å². The van der Waals surface area contributed by atoms with E-state index in [4.69, 9.17) is 0 Å². The largest absolute Gasteiger partial charge is 0.373 e. The first kappa shape index (κ1) is 34.6. The minimum atomic E-state index is -4.57. The van der Waals surface area contributed by atoms with Crippen LogP contribution < -0.4 is 0 Å². The van der Waals surface area contributed by atoms with Crippen molar-refractivity contribution in [2.45, 2.75) is 134 Å². The molecule has 0 fully saturated rings. The molecule has 35 heavy (non-hydrogen) atoms. The summed E-state index contributed by atoms with van der Waals surface area (Å²) in [6, 6.07) is 0. The first-order chi connectivity index (χ1) is 16.5. The van der Waals surface area contributed by atoms with Crippen molar-refractivity contribution in [3.63, 3.8) is 0 Å². The number of hydrogen-bond donors (Lipinski definition) is 3. The molecular formula is C29H59NO4P+. The SMILES string of the molecule is CCCCCCCCC/C=C\CCCCCCCC/C=C\CCCC(O)(C[N+](C)(C)C)P(=O)(O)O. The molecule has 208 valence electrons. The monoisotopic (exact) mass is 516 g/mol. The van der Waals surface area contributed by atoms with E-state index in [9.17, 15) is 19.5 Å². The Morgan fingerprint density at radius 2 is 0.971 bits per heavy atom. The predicted octanol–water partition coefficient (Wildman–Crippen LogP) is 8.10. The Morgan fingerprint density at radius 1 is 0.629 bits per heavy atom. The molecule has 6 heteroatoms. The molecule has 5 nitrogen and oxygen atoms in total. The summed E-state index contributed by atoms with van der Waals surface area (Å²) in [5.74, 6) is 0. The van der Waals surface area contributed by atoms with Gasteiger partial charge in [-0.2, -0.15) is 0 Å². The molecule has 0 saturated carbocycles. The summed E-state index contributed by atoms with van der Waals surface area (Å²) in [6.45, 7) is 2.31. The van der Waals surface area contributed by atoms with Gasteiger partial charge in [-0.25, -0.2) is 0 Å². The van der Waals surface area contributed by atoms with E-state index < -0.39 is 12.9 Å². The van der Waals surface area contributed by atoms with E-state index in [0.717, 1.165) is 12.8 Å². The summed E-state index contributed by atoms with van der Waals surface area (Å²) < 4.78 is 12.1. The highest BCUT2D eigenvalue weighted by Gasteiger charge is 2.48. The van der Waals surface area contributed by atoms with Crippen LogP contribution in [0, 0.1) is 0 Å². The second-order valence-electron chi connectivity index (χ2n) is 11.4. The fraction of sp³-hybridized carbons (Fsp3) is 0.862. The van der Waals surface area contributed by atoms with E-state index in [2.05, 4.69) is 31.2 Å². The van der Waals surface area contributed by atoms with Crippen molar-refractivity contribution in [2.24, 2.45) is 0 Å². The Morgan fingerprint density at radius 3 is 1.31 bits per heavy atom. The first-order valence-electron chi connectivity index (χ1n) is 14.4. The van der Waals surface area contributed by atoms with Crippen LogP contribution in [0.4, 0.5) is 0 Å². The van der Waals surface area contributed by atoms with Gasteiger partial charge in [0.1, 0.15) is 6.54 Å². The van der Waals surface area contributed by atoms with E-state index >= 15 is 0 Å². The average molecular weight is 517 g/mol. The number of unbranched alkanes of at least 4 members (excludes halogenated alkanes) is 15. The van der Waals surface area contributed by atoms with Gasteiger partial charge in [0.05, 0.1) is 21.1 Å². The third-order valence-corrected chi connectivity index (χ3v) is 7.97. The third kappa shape index (κ3) is 21.4. The summed E-state index contributed by atoms with van der Waals surface area (Å²) in [4.78, 5) is 19.2. The lowest BCUT2D eigenvalue weighted by Crippen LogP contribution is -2.49. The number of rotatable bonds is 24. The van der Waals surface area contributed by atoms with Crippen molar-refractivity contribution in [1.29, 1.82) is 0 Å². The van der Waals surface area contributed by atoms with Gasteiger partial charge in [-0.05, 0) is 57.8 Å². The lowest BCUT2D eigenvalue weighted by molar-refractivity contribution is -0.875. The highest BCUT2D eigenvalue weighted by molar-refractivity contribution is 7.53. The molecule has 1 unspecified atom stereocenters. The topological polar surface area (TPSA) is 77.8 Å². The average Bonchev–Trinajstić information content (AvgIpc) is 2.75. The predicted molar refractivity (Wildman–Crippen MR) is 152 cm³/mol. The normalized spacial score (nSPS) is 14.8. The van der Waals surface area contributed by atoms with E-state index in [1.54, 1.807) is 0 Å². The van der Waals surface area contributed by atoms with Crippen LogP contribution in [0.25, 0.3) is 0 Å². The smallest absolute Gasteiger partial charge is 0.362 e. The van der Waals surface area contributed by atoms with Crippen LogP contribution in [0.3, 0.4) is 0 Å². The molecule has 0 rings (SSSR count). The van der Waals surface area contributed by atoms with Gasteiger partial charge in [-0.3, -0.25) is 4.57 Å². The number of hydrogen-bond acceptors (Lipinski definition) is 2. The second-order valence-corrected chi connectivity index (χ2v) is 13.3. The number of nitrogens with zero attached hydrogens (tertiary/aromatic N) is 1. The van der Waals surface area contributed by atoms with Gasteiger partial charge in [-0.1, -0.05) is 95.4 Å². The van der Waals surface area contributed by atoms with Gasteiger partial charge in [0.15, 0.2) is 0 Å². The minimum Gasteiger partial charge on any atom is -0.373 e. The molecule has 0 aliphatic heterocycles. The molecule has 0 spiro atoms. The second kappa shape index (κ2) is 20.6. The molecule has 0 aromatic heterocycles. The number of aliphatic hydroxyl groups is 1. The Hall–Kier alpha value is -0.450. The molecule has 0 bridgehead atoms. The van der Waals surface area contributed by atoms with E-state index in [-0.39, 0.29) is 13.0 Å². The highest BCUT2D eigenvalue weighted by Crippen LogP contribution is 2.52. The van der Waals surface area contributed by atoms with Gasteiger partial charge in [-0.15, -0.1) is 0 Å². The van der Waals surface area contributed by atoms with Crippen molar-refractivity contribution >= 4 is 7.60 Å². The molecule has 0 amide bonds. The van der Waals surface area contributed by atoms with Crippen LogP contribution in [-0.2, 0) is 4.57 Å². The Kier molecular flexibility index (Phi) is 20.3. The summed E-state index contributed by atoms with van der Waals surface area (Å²) in [6.07, 6.45) is 31.4. The van der Waals surface area contributed by atoms with E-state index in [1.807, 2.05) is 21.1 Å².